The number of benzene rings is 4. The molecule has 0 radical (unpaired) electrons. The summed E-state index contributed by atoms with van der Waals surface area (Å²) in [6.07, 6.45) is 1.22. The lowest BCUT2D eigenvalue weighted by Gasteiger charge is -2.14. The fourth-order valence-corrected chi connectivity index (χ4v) is 4.14. The van der Waals surface area contributed by atoms with Gasteiger partial charge >= 0.3 is 6.09 Å². The van der Waals surface area contributed by atoms with Gasteiger partial charge in [-0.25, -0.2) is 4.79 Å². The fraction of sp³-hybridized carbons (Fsp3) is 0.226. The summed E-state index contributed by atoms with van der Waals surface area (Å²) >= 11 is 0. The molecule has 0 saturated heterocycles. The van der Waals surface area contributed by atoms with Crippen LogP contribution in [0.2, 0.25) is 0 Å². The summed E-state index contributed by atoms with van der Waals surface area (Å²) in [5.74, 6) is 1.86. The highest BCUT2D eigenvalue weighted by atomic mass is 16.5. The quantitative estimate of drug-likeness (QED) is 0.149. The first-order chi connectivity index (χ1) is 18.1. The molecule has 6 nitrogen and oxygen atoms in total. The van der Waals surface area contributed by atoms with Crippen molar-refractivity contribution in [2.45, 2.75) is 26.7 Å². The number of nitrogens with zero attached hydrogens (tertiary/aromatic N) is 1. The molecule has 0 aliphatic heterocycles. The molecule has 4 aromatic rings. The number of fused-ring (bicyclic) bond motifs is 1. The Labute approximate surface area is 217 Å². The molecule has 2 N–H and O–H groups in total. The molecule has 0 fully saturated rings. The van der Waals surface area contributed by atoms with E-state index in [2.05, 4.69) is 36.2 Å². The van der Waals surface area contributed by atoms with E-state index in [0.717, 1.165) is 51.8 Å². The Morgan fingerprint density at radius 3 is 2.27 bits per heavy atom. The van der Waals surface area contributed by atoms with Crippen LogP contribution in [0, 0.1) is 0 Å². The lowest BCUT2D eigenvalue weighted by Crippen LogP contribution is -2.16. The van der Waals surface area contributed by atoms with E-state index in [1.54, 1.807) is 6.92 Å². The summed E-state index contributed by atoms with van der Waals surface area (Å²) in [6.45, 7) is 5.04. The molecule has 37 heavy (non-hydrogen) atoms. The van der Waals surface area contributed by atoms with E-state index in [9.17, 15) is 4.79 Å². The molecule has 1 amide bonds. The van der Waals surface area contributed by atoms with E-state index < -0.39 is 6.09 Å². The molecule has 4 aromatic carbocycles. The van der Waals surface area contributed by atoms with Gasteiger partial charge in [0.1, 0.15) is 30.5 Å². The van der Waals surface area contributed by atoms with Gasteiger partial charge in [0.2, 0.25) is 0 Å². The predicted molar refractivity (Wildman–Crippen MR) is 149 cm³/mol. The minimum absolute atomic E-state index is 0.131. The Morgan fingerprint density at radius 1 is 0.811 bits per heavy atom. The van der Waals surface area contributed by atoms with Gasteiger partial charge in [0, 0.05) is 10.9 Å². The number of hydrogen-bond donors (Lipinski definition) is 1. The zero-order valence-corrected chi connectivity index (χ0v) is 21.3. The number of carbonyl (C=O) groups is 1. The van der Waals surface area contributed by atoms with E-state index in [1.807, 2.05) is 60.7 Å². The molecular formula is C31H32N2O4. The average molecular weight is 497 g/mol. The topological polar surface area (TPSA) is 83.1 Å². The predicted octanol–water partition coefficient (Wildman–Crippen LogP) is 6.78. The van der Waals surface area contributed by atoms with Crippen LogP contribution >= 0.6 is 0 Å². The van der Waals surface area contributed by atoms with Crippen molar-refractivity contribution in [3.8, 4) is 22.6 Å². The molecule has 0 unspecified atom stereocenters. The lowest BCUT2D eigenvalue weighted by atomic mass is 9.99. The van der Waals surface area contributed by atoms with Crippen LogP contribution in [0.1, 0.15) is 31.4 Å². The Balaban J connectivity index is 1.41. The minimum Gasteiger partial charge on any atom is -0.490 e. The highest BCUT2D eigenvalue weighted by Crippen LogP contribution is 2.29. The summed E-state index contributed by atoms with van der Waals surface area (Å²) in [6, 6.07) is 28.1. The second-order valence-electron chi connectivity index (χ2n) is 8.52. The molecule has 0 aliphatic carbocycles. The van der Waals surface area contributed by atoms with Gasteiger partial charge in [0.15, 0.2) is 0 Å². The van der Waals surface area contributed by atoms with Crippen molar-refractivity contribution >= 4 is 22.7 Å². The number of nitrogens with two attached hydrogens (primary N) is 1. The van der Waals surface area contributed by atoms with Gasteiger partial charge in [0.25, 0.3) is 0 Å². The minimum atomic E-state index is -0.689. The molecule has 6 heteroatoms. The van der Waals surface area contributed by atoms with E-state index in [-0.39, 0.29) is 12.4 Å². The summed E-state index contributed by atoms with van der Waals surface area (Å²) in [5.41, 5.74) is 9.87. The van der Waals surface area contributed by atoms with Crippen molar-refractivity contribution < 1.29 is 19.0 Å². The molecule has 0 saturated carbocycles. The van der Waals surface area contributed by atoms with E-state index >= 15 is 0 Å². The van der Waals surface area contributed by atoms with Crippen LogP contribution in [0.4, 0.5) is 4.79 Å². The normalized spacial score (nSPS) is 11.4. The summed E-state index contributed by atoms with van der Waals surface area (Å²) in [7, 11) is 0. The number of carbonyl (C=O) groups excluding carboxylic acids is 1. The van der Waals surface area contributed by atoms with Crippen LogP contribution in [0.3, 0.4) is 0 Å². The Bertz CT molecular complexity index is 1370. The van der Waals surface area contributed by atoms with Gasteiger partial charge in [-0.1, -0.05) is 80.1 Å². The molecule has 0 aliphatic rings. The first-order valence-corrected chi connectivity index (χ1v) is 12.6. The summed E-state index contributed by atoms with van der Waals surface area (Å²) in [5, 5.41) is 2.25. The number of aliphatic imine (C=N–C) groups is 1. The average Bonchev–Trinajstić information content (AvgIpc) is 2.92. The molecule has 0 aromatic heterocycles. The zero-order chi connectivity index (χ0) is 26.0. The van der Waals surface area contributed by atoms with E-state index in [1.165, 1.54) is 0 Å². The summed E-state index contributed by atoms with van der Waals surface area (Å²) < 4.78 is 17.0. The third-order valence-electron chi connectivity index (χ3n) is 5.92. The monoisotopic (exact) mass is 496 g/mol. The highest BCUT2D eigenvalue weighted by Gasteiger charge is 2.09. The molecule has 0 bridgehead atoms. The smallest absolute Gasteiger partial charge is 0.435 e. The maximum Gasteiger partial charge on any atom is 0.435 e. The molecule has 0 heterocycles. The Morgan fingerprint density at radius 2 is 1.51 bits per heavy atom. The fourth-order valence-electron chi connectivity index (χ4n) is 4.14. The number of rotatable bonds is 10. The van der Waals surface area contributed by atoms with Gasteiger partial charge in [0.05, 0.1) is 6.61 Å². The number of amides is 1. The second kappa shape index (κ2) is 12.6. The van der Waals surface area contributed by atoms with Crippen molar-refractivity contribution in [1.29, 1.82) is 0 Å². The van der Waals surface area contributed by atoms with Crippen LogP contribution in [0.5, 0.6) is 11.5 Å². The molecule has 0 atom stereocenters. The van der Waals surface area contributed by atoms with E-state index in [0.29, 0.717) is 18.8 Å². The number of amidine groups is 1. The molecule has 4 rings (SSSR count). The third-order valence-corrected chi connectivity index (χ3v) is 5.92. The van der Waals surface area contributed by atoms with Gasteiger partial charge in [-0.05, 0) is 53.6 Å². The largest absolute Gasteiger partial charge is 0.490 e. The highest BCUT2D eigenvalue weighted by molar-refractivity contribution is 6.03. The zero-order valence-electron chi connectivity index (χ0n) is 21.3. The number of ether oxygens (including phenoxy) is 3. The van der Waals surface area contributed by atoms with Crippen LogP contribution in [-0.4, -0.2) is 31.7 Å². The Kier molecular flexibility index (Phi) is 8.76. The number of aryl methyl sites for hydroxylation is 1. The van der Waals surface area contributed by atoms with E-state index in [4.69, 9.17) is 19.9 Å². The SMILES string of the molecule is CCCc1cc(-c2ccc(C(N)=NC(=O)OCC)cc2)ccc1OCCOc1cccc2ccccc12. The summed E-state index contributed by atoms with van der Waals surface area (Å²) in [4.78, 5) is 15.3. The van der Waals surface area contributed by atoms with Gasteiger partial charge in [-0.15, -0.1) is 0 Å². The first-order valence-electron chi connectivity index (χ1n) is 12.6. The molecule has 190 valence electrons. The molecule has 0 spiro atoms. The van der Waals surface area contributed by atoms with Gasteiger partial charge in [-0.2, -0.15) is 4.99 Å². The van der Waals surface area contributed by atoms with Crippen LogP contribution < -0.4 is 15.2 Å². The molecular weight excluding hydrogens is 464 g/mol. The van der Waals surface area contributed by atoms with Crippen LogP contribution in [0.15, 0.2) is 89.9 Å². The number of hydrogen-bond acceptors (Lipinski definition) is 4. The van der Waals surface area contributed by atoms with Crippen LogP contribution in [0.25, 0.3) is 21.9 Å². The standard InChI is InChI=1S/C31H32N2O4/c1-3-8-26-21-25(22-13-15-24(16-14-22)30(32)33-31(34)35-4-2)17-18-28(26)36-19-20-37-29-12-7-10-23-9-5-6-11-27(23)29/h5-7,9-18,21H,3-4,8,19-20H2,1-2H3,(H2,32,33,34). The Hall–Kier alpha value is -4.32. The van der Waals surface area contributed by atoms with Crippen LogP contribution in [-0.2, 0) is 11.2 Å². The lowest BCUT2D eigenvalue weighted by molar-refractivity contribution is 0.163. The third kappa shape index (κ3) is 6.67. The maximum absolute atomic E-state index is 11.6. The van der Waals surface area contributed by atoms with Crippen molar-refractivity contribution in [2.75, 3.05) is 19.8 Å². The van der Waals surface area contributed by atoms with Crippen molar-refractivity contribution in [2.24, 2.45) is 10.7 Å². The van der Waals surface area contributed by atoms with Gasteiger partial charge in [-0.3, -0.25) is 0 Å². The van der Waals surface area contributed by atoms with Crippen molar-refractivity contribution in [1.82, 2.24) is 0 Å². The first kappa shape index (κ1) is 25.8. The maximum atomic E-state index is 11.6. The van der Waals surface area contributed by atoms with Crippen molar-refractivity contribution in [3.05, 3.63) is 96.1 Å². The second-order valence-corrected chi connectivity index (χ2v) is 8.52. The van der Waals surface area contributed by atoms with Crippen molar-refractivity contribution in [3.63, 3.8) is 0 Å². The van der Waals surface area contributed by atoms with Gasteiger partial charge < -0.3 is 19.9 Å².